The lowest BCUT2D eigenvalue weighted by Gasteiger charge is -2.17. The summed E-state index contributed by atoms with van der Waals surface area (Å²) in [6, 6.07) is 4.69. The molecular formula is C13H14N4O3. The van der Waals surface area contributed by atoms with Crippen LogP contribution in [0.2, 0.25) is 0 Å². The smallest absolute Gasteiger partial charge is 0.257 e. The van der Waals surface area contributed by atoms with Gasteiger partial charge in [0.1, 0.15) is 18.4 Å². The van der Waals surface area contributed by atoms with E-state index in [0.717, 1.165) is 5.56 Å². The van der Waals surface area contributed by atoms with Crippen LogP contribution in [-0.2, 0) is 4.79 Å². The quantitative estimate of drug-likeness (QED) is 0.823. The molecule has 104 valence electrons. The van der Waals surface area contributed by atoms with Gasteiger partial charge in [-0.3, -0.25) is 4.79 Å². The zero-order chi connectivity index (χ0) is 14.3. The van der Waals surface area contributed by atoms with Gasteiger partial charge in [0.15, 0.2) is 5.82 Å². The van der Waals surface area contributed by atoms with E-state index >= 15 is 0 Å². The van der Waals surface area contributed by atoms with Crippen molar-refractivity contribution in [1.82, 2.24) is 10.1 Å². The molecule has 0 spiro atoms. The van der Waals surface area contributed by atoms with Crippen molar-refractivity contribution in [3.05, 3.63) is 24.0 Å². The van der Waals surface area contributed by atoms with Gasteiger partial charge in [-0.2, -0.15) is 4.98 Å². The number of likely N-dealkylation sites (N-methyl/N-ethyl adjacent to an activating group) is 1. The van der Waals surface area contributed by atoms with Crippen LogP contribution in [0, 0.1) is 6.92 Å². The molecule has 2 N–H and O–H groups in total. The van der Waals surface area contributed by atoms with Crippen LogP contribution < -0.4 is 15.4 Å². The average Bonchev–Trinajstić information content (AvgIpc) is 2.85. The fraction of sp³-hybridized carbons (Fsp3) is 0.308. The van der Waals surface area contributed by atoms with E-state index in [4.69, 9.17) is 15.0 Å². The molecule has 1 amide bonds. The summed E-state index contributed by atoms with van der Waals surface area (Å²) >= 11 is 0. The predicted molar refractivity (Wildman–Crippen MR) is 71.4 cm³/mol. The Labute approximate surface area is 115 Å². The lowest BCUT2D eigenvalue weighted by atomic mass is 10.1. The van der Waals surface area contributed by atoms with Crippen LogP contribution in [0.4, 0.5) is 5.69 Å². The van der Waals surface area contributed by atoms with Crippen LogP contribution in [-0.4, -0.2) is 35.7 Å². The van der Waals surface area contributed by atoms with Crippen LogP contribution in [0.3, 0.4) is 0 Å². The maximum Gasteiger partial charge on any atom is 0.257 e. The minimum absolute atomic E-state index is 0.162. The molecule has 3 rings (SSSR count). The number of amides is 1. The summed E-state index contributed by atoms with van der Waals surface area (Å²) in [6.07, 6.45) is 0. The number of benzene rings is 1. The molecule has 0 saturated heterocycles. The maximum atomic E-state index is 12.0. The first-order valence-electron chi connectivity index (χ1n) is 6.17. The molecule has 0 radical (unpaired) electrons. The van der Waals surface area contributed by atoms with Gasteiger partial charge in [0.2, 0.25) is 5.91 Å². The van der Waals surface area contributed by atoms with E-state index in [1.807, 2.05) is 0 Å². The molecule has 0 fully saturated rings. The number of aromatic nitrogens is 2. The molecule has 2 aromatic rings. The molecule has 20 heavy (non-hydrogen) atoms. The molecule has 0 aliphatic carbocycles. The second kappa shape index (κ2) is 4.61. The second-order valence-electron chi connectivity index (χ2n) is 4.64. The summed E-state index contributed by atoms with van der Waals surface area (Å²) in [5, 5.41) is 3.75. The van der Waals surface area contributed by atoms with Crippen LogP contribution in [0.15, 0.2) is 22.7 Å². The molecule has 0 saturated carbocycles. The third kappa shape index (κ3) is 2.01. The van der Waals surface area contributed by atoms with Crippen LogP contribution in [0.25, 0.3) is 11.5 Å². The number of anilines is 1. The number of nitrogens with zero attached hydrogens (tertiary/aromatic N) is 3. The van der Waals surface area contributed by atoms with Crippen molar-refractivity contribution >= 4 is 11.6 Å². The van der Waals surface area contributed by atoms with Gasteiger partial charge in [-0.25, -0.2) is 0 Å². The van der Waals surface area contributed by atoms with Gasteiger partial charge in [0.05, 0.1) is 5.69 Å². The Morgan fingerprint density at radius 1 is 1.45 bits per heavy atom. The largest absolute Gasteiger partial charge is 0.489 e. The minimum atomic E-state index is -0.665. The summed E-state index contributed by atoms with van der Waals surface area (Å²) in [7, 11) is 1.67. The van der Waals surface area contributed by atoms with Crippen molar-refractivity contribution in [2.24, 2.45) is 5.73 Å². The van der Waals surface area contributed by atoms with E-state index in [9.17, 15) is 4.79 Å². The molecule has 1 aliphatic heterocycles. The van der Waals surface area contributed by atoms with Gasteiger partial charge in [0, 0.05) is 12.6 Å². The van der Waals surface area contributed by atoms with Crippen molar-refractivity contribution in [2.75, 3.05) is 18.6 Å². The maximum absolute atomic E-state index is 12.0. The number of rotatable bonds is 1. The third-order valence-electron chi connectivity index (χ3n) is 3.16. The number of nitrogens with two attached hydrogens (primary N) is 1. The van der Waals surface area contributed by atoms with E-state index < -0.39 is 6.04 Å². The number of carbonyl (C=O) groups is 1. The SMILES string of the molecule is Cc1noc(-c2ccc3c(c2)N(C)C(=O)[C@@H](N)CO3)n1. The molecule has 0 bridgehead atoms. The zero-order valence-corrected chi connectivity index (χ0v) is 11.2. The molecule has 1 aromatic carbocycles. The molecule has 1 atom stereocenters. The third-order valence-corrected chi connectivity index (χ3v) is 3.16. The molecule has 7 nitrogen and oxygen atoms in total. The Morgan fingerprint density at radius 2 is 2.25 bits per heavy atom. The summed E-state index contributed by atoms with van der Waals surface area (Å²) in [5.41, 5.74) is 7.10. The molecular weight excluding hydrogens is 260 g/mol. The minimum Gasteiger partial charge on any atom is -0.489 e. The standard InChI is InChI=1S/C13H14N4O3/c1-7-15-12(20-16-7)8-3-4-11-10(5-8)17(2)13(18)9(14)6-19-11/h3-5,9H,6,14H2,1-2H3/t9-/m0/s1. The Morgan fingerprint density at radius 3 is 2.95 bits per heavy atom. The van der Waals surface area contributed by atoms with Crippen LogP contribution in [0.1, 0.15) is 5.82 Å². The lowest BCUT2D eigenvalue weighted by Crippen LogP contribution is -2.43. The number of ether oxygens (including phenoxy) is 1. The highest BCUT2D eigenvalue weighted by molar-refractivity contribution is 5.99. The summed E-state index contributed by atoms with van der Waals surface area (Å²) in [6.45, 7) is 1.91. The Bertz CT molecular complexity index is 667. The van der Waals surface area contributed by atoms with E-state index in [0.29, 0.717) is 23.2 Å². The molecule has 1 aliphatic rings. The number of hydrogen-bond acceptors (Lipinski definition) is 6. The van der Waals surface area contributed by atoms with Gasteiger partial charge in [-0.1, -0.05) is 5.16 Å². The van der Waals surface area contributed by atoms with Crippen LogP contribution >= 0.6 is 0 Å². The second-order valence-corrected chi connectivity index (χ2v) is 4.64. The predicted octanol–water partition coefficient (Wildman–Crippen LogP) is 0.728. The van der Waals surface area contributed by atoms with Gasteiger partial charge in [-0.15, -0.1) is 0 Å². The molecule has 7 heteroatoms. The van der Waals surface area contributed by atoms with Gasteiger partial charge in [-0.05, 0) is 25.1 Å². The lowest BCUT2D eigenvalue weighted by molar-refractivity contribution is -0.119. The number of fused-ring (bicyclic) bond motifs is 1. The first-order valence-corrected chi connectivity index (χ1v) is 6.17. The van der Waals surface area contributed by atoms with Crippen molar-refractivity contribution in [3.63, 3.8) is 0 Å². The number of aryl methyl sites for hydroxylation is 1. The number of hydrogen-bond donors (Lipinski definition) is 1. The topological polar surface area (TPSA) is 94.5 Å². The molecule has 2 heterocycles. The fourth-order valence-corrected chi connectivity index (χ4v) is 2.07. The zero-order valence-electron chi connectivity index (χ0n) is 11.2. The van der Waals surface area contributed by atoms with E-state index in [-0.39, 0.29) is 12.5 Å². The monoisotopic (exact) mass is 274 g/mol. The summed E-state index contributed by atoms with van der Waals surface area (Å²) in [5.74, 6) is 1.37. The Balaban J connectivity index is 2.06. The van der Waals surface area contributed by atoms with Gasteiger partial charge < -0.3 is 19.9 Å². The Hall–Kier alpha value is -2.41. The highest BCUT2D eigenvalue weighted by atomic mass is 16.5. The van der Waals surface area contributed by atoms with E-state index in [2.05, 4.69) is 10.1 Å². The summed E-state index contributed by atoms with van der Waals surface area (Å²) < 4.78 is 10.7. The van der Waals surface area contributed by atoms with Crippen molar-refractivity contribution < 1.29 is 14.1 Å². The average molecular weight is 274 g/mol. The van der Waals surface area contributed by atoms with E-state index in [1.165, 1.54) is 4.90 Å². The first kappa shape index (κ1) is 12.6. The summed E-state index contributed by atoms with van der Waals surface area (Å²) in [4.78, 5) is 17.7. The first-order chi connectivity index (χ1) is 9.56. The Kier molecular flexibility index (Phi) is 2.90. The molecule has 1 aromatic heterocycles. The van der Waals surface area contributed by atoms with Crippen LogP contribution in [0.5, 0.6) is 5.75 Å². The molecule has 0 unspecified atom stereocenters. The van der Waals surface area contributed by atoms with Crippen molar-refractivity contribution in [2.45, 2.75) is 13.0 Å². The van der Waals surface area contributed by atoms with Gasteiger partial charge >= 0.3 is 0 Å². The highest BCUT2D eigenvalue weighted by Gasteiger charge is 2.27. The van der Waals surface area contributed by atoms with E-state index in [1.54, 1.807) is 32.2 Å². The normalized spacial score (nSPS) is 18.4. The van der Waals surface area contributed by atoms with Crippen molar-refractivity contribution in [1.29, 1.82) is 0 Å². The fourth-order valence-electron chi connectivity index (χ4n) is 2.07. The number of carbonyl (C=O) groups excluding carboxylic acids is 1. The highest BCUT2D eigenvalue weighted by Crippen LogP contribution is 2.34. The van der Waals surface area contributed by atoms with Gasteiger partial charge in [0.25, 0.3) is 5.89 Å². The van der Waals surface area contributed by atoms with Crippen molar-refractivity contribution in [3.8, 4) is 17.2 Å².